The van der Waals surface area contributed by atoms with Crippen molar-refractivity contribution in [1.29, 1.82) is 0 Å². The lowest BCUT2D eigenvalue weighted by molar-refractivity contribution is -0.114. The molecule has 0 aliphatic heterocycles. The van der Waals surface area contributed by atoms with Crippen LogP contribution in [0.2, 0.25) is 0 Å². The van der Waals surface area contributed by atoms with Crippen molar-refractivity contribution in [2.45, 2.75) is 38.7 Å². The van der Waals surface area contributed by atoms with Gasteiger partial charge in [0.2, 0.25) is 11.7 Å². The molecule has 0 aromatic carbocycles. The molecule has 1 saturated carbocycles. The van der Waals surface area contributed by atoms with Gasteiger partial charge in [0, 0.05) is 50.1 Å². The van der Waals surface area contributed by atoms with Crippen molar-refractivity contribution in [3.05, 3.63) is 30.4 Å². The van der Waals surface area contributed by atoms with E-state index >= 15 is 0 Å². The van der Waals surface area contributed by atoms with Crippen LogP contribution in [0.5, 0.6) is 0 Å². The smallest absolute Gasteiger partial charge is 0.303 e. The molecule has 0 unspecified atom stereocenters. The van der Waals surface area contributed by atoms with Gasteiger partial charge in [-0.2, -0.15) is 8.78 Å². The van der Waals surface area contributed by atoms with E-state index in [0.29, 0.717) is 28.9 Å². The molecule has 3 aromatic heterocycles. The van der Waals surface area contributed by atoms with Gasteiger partial charge >= 0.3 is 5.92 Å². The summed E-state index contributed by atoms with van der Waals surface area (Å²) in [5, 5.41) is 6.27. The van der Waals surface area contributed by atoms with Crippen LogP contribution in [0.1, 0.15) is 38.6 Å². The van der Waals surface area contributed by atoms with E-state index in [9.17, 15) is 13.6 Å². The second-order valence-electron chi connectivity index (χ2n) is 7.05. The molecular weight excluding hydrogens is 366 g/mol. The first-order chi connectivity index (χ1) is 13.3. The summed E-state index contributed by atoms with van der Waals surface area (Å²) in [6.07, 6.45) is 5.72. The number of carbonyl (C=O) groups excluding carboxylic acids is 1. The highest BCUT2D eigenvalue weighted by Gasteiger charge is 2.31. The molecule has 0 saturated heterocycles. The van der Waals surface area contributed by atoms with Crippen molar-refractivity contribution in [3.63, 3.8) is 0 Å². The monoisotopic (exact) mass is 386 g/mol. The fourth-order valence-electron chi connectivity index (χ4n) is 3.17. The lowest BCUT2D eigenvalue weighted by Gasteiger charge is -2.12. The van der Waals surface area contributed by atoms with Gasteiger partial charge in [0.25, 0.3) is 0 Å². The Labute approximate surface area is 160 Å². The number of amides is 1. The number of anilines is 2. The van der Waals surface area contributed by atoms with Gasteiger partial charge in [-0.15, -0.1) is 0 Å². The van der Waals surface area contributed by atoms with Crippen LogP contribution in [-0.4, -0.2) is 32.5 Å². The van der Waals surface area contributed by atoms with Crippen LogP contribution in [-0.2, 0) is 10.7 Å². The number of alkyl halides is 2. The lowest BCUT2D eigenvalue weighted by atomic mass is 10.1. The van der Waals surface area contributed by atoms with Gasteiger partial charge in [-0.25, -0.2) is 15.0 Å². The number of hydrogen-bond donors (Lipinski definition) is 2. The number of nitrogens with one attached hydrogen (secondary N) is 2. The number of pyridine rings is 1. The second-order valence-corrected chi connectivity index (χ2v) is 7.05. The molecule has 4 rings (SSSR count). The zero-order valence-electron chi connectivity index (χ0n) is 15.8. The molecule has 3 heterocycles. The topological polar surface area (TPSA) is 84.7 Å². The highest BCUT2D eigenvalue weighted by molar-refractivity contribution is 5.98. The number of aromatic nitrogens is 4. The maximum absolute atomic E-state index is 13.9. The maximum Gasteiger partial charge on any atom is 0.303 e. The van der Waals surface area contributed by atoms with Crippen LogP contribution in [0.25, 0.3) is 22.2 Å². The Kier molecular flexibility index (Phi) is 4.24. The van der Waals surface area contributed by atoms with Crippen molar-refractivity contribution in [2.75, 3.05) is 17.7 Å². The molecule has 1 fully saturated rings. The summed E-state index contributed by atoms with van der Waals surface area (Å²) >= 11 is 0. The first kappa shape index (κ1) is 18.3. The summed E-state index contributed by atoms with van der Waals surface area (Å²) in [4.78, 5) is 23.7. The quantitative estimate of drug-likeness (QED) is 0.694. The third-order valence-electron chi connectivity index (χ3n) is 4.61. The molecule has 0 radical (unpaired) electrons. The standard InChI is InChI=1S/C19H20F2N6O/c1-10(28)24-17-6-12-13(9-27(11-4-5-11)15(12)8-23-17)14-7-16(22-3)26-18(25-14)19(2,20)21/h6-9,11H,4-5H2,1-3H3,(H,22,25,26)(H,23,24,28). The van der Waals surface area contributed by atoms with E-state index in [1.165, 1.54) is 6.92 Å². The van der Waals surface area contributed by atoms with E-state index in [1.54, 1.807) is 25.4 Å². The molecular formula is C19H20F2N6O. The van der Waals surface area contributed by atoms with Gasteiger partial charge in [0.1, 0.15) is 11.6 Å². The van der Waals surface area contributed by atoms with Gasteiger partial charge in [0.05, 0.1) is 17.4 Å². The Morgan fingerprint density at radius 3 is 2.61 bits per heavy atom. The van der Waals surface area contributed by atoms with Crippen LogP contribution in [0.15, 0.2) is 24.5 Å². The summed E-state index contributed by atoms with van der Waals surface area (Å²) in [6.45, 7) is 2.18. The number of nitrogens with zero attached hydrogens (tertiary/aromatic N) is 4. The minimum atomic E-state index is -3.17. The normalized spacial score (nSPS) is 14.3. The average molecular weight is 386 g/mol. The first-order valence-electron chi connectivity index (χ1n) is 9.00. The van der Waals surface area contributed by atoms with Gasteiger partial charge in [-0.1, -0.05) is 0 Å². The molecule has 0 spiro atoms. The number of carbonyl (C=O) groups is 1. The van der Waals surface area contributed by atoms with Crippen LogP contribution in [0.3, 0.4) is 0 Å². The number of fused-ring (bicyclic) bond motifs is 1. The fraction of sp³-hybridized carbons (Fsp3) is 0.368. The summed E-state index contributed by atoms with van der Waals surface area (Å²) < 4.78 is 29.9. The van der Waals surface area contributed by atoms with Crippen LogP contribution >= 0.6 is 0 Å². The van der Waals surface area contributed by atoms with Crippen LogP contribution in [0, 0.1) is 0 Å². The van der Waals surface area contributed by atoms with Gasteiger partial charge in [-0.3, -0.25) is 4.79 Å². The predicted octanol–water partition coefficient (Wildman–Crippen LogP) is 3.94. The van der Waals surface area contributed by atoms with Crippen molar-refractivity contribution in [3.8, 4) is 11.3 Å². The molecule has 1 aliphatic carbocycles. The Morgan fingerprint density at radius 2 is 2.00 bits per heavy atom. The summed E-state index contributed by atoms with van der Waals surface area (Å²) in [5.41, 5.74) is 1.96. The van der Waals surface area contributed by atoms with Crippen LogP contribution < -0.4 is 10.6 Å². The highest BCUT2D eigenvalue weighted by atomic mass is 19.3. The van der Waals surface area contributed by atoms with Gasteiger partial charge < -0.3 is 15.2 Å². The number of hydrogen-bond acceptors (Lipinski definition) is 5. The third kappa shape index (κ3) is 3.39. The van der Waals surface area contributed by atoms with E-state index in [0.717, 1.165) is 30.7 Å². The van der Waals surface area contributed by atoms with Crippen molar-refractivity contribution < 1.29 is 13.6 Å². The van der Waals surface area contributed by atoms with Crippen molar-refractivity contribution >= 4 is 28.4 Å². The Bertz CT molecular complexity index is 1070. The highest BCUT2D eigenvalue weighted by Crippen LogP contribution is 2.42. The molecule has 146 valence electrons. The molecule has 1 amide bonds. The molecule has 7 nitrogen and oxygen atoms in total. The molecule has 28 heavy (non-hydrogen) atoms. The minimum absolute atomic E-state index is 0.234. The number of rotatable bonds is 5. The average Bonchev–Trinajstić information content (AvgIpc) is 3.41. The molecule has 9 heteroatoms. The Hall–Kier alpha value is -3.10. The van der Waals surface area contributed by atoms with Crippen LogP contribution in [0.4, 0.5) is 20.4 Å². The Morgan fingerprint density at radius 1 is 1.25 bits per heavy atom. The minimum Gasteiger partial charge on any atom is -0.373 e. The second kappa shape index (κ2) is 6.50. The first-order valence-corrected chi connectivity index (χ1v) is 9.00. The zero-order chi connectivity index (χ0) is 20.1. The molecule has 0 atom stereocenters. The van der Waals surface area contributed by atoms with Gasteiger partial charge in [-0.05, 0) is 18.9 Å². The SMILES string of the molecule is CNc1cc(-c2cn(C3CC3)c3cnc(NC(C)=O)cc23)nc(C(C)(F)F)n1. The van der Waals surface area contributed by atoms with E-state index in [2.05, 4.69) is 30.2 Å². The fourth-order valence-corrected chi connectivity index (χ4v) is 3.17. The third-order valence-corrected chi connectivity index (χ3v) is 4.61. The van der Waals surface area contributed by atoms with Gasteiger partial charge in [0.15, 0.2) is 0 Å². The molecule has 3 aromatic rings. The summed E-state index contributed by atoms with van der Waals surface area (Å²) in [5.74, 6) is -3.23. The van der Waals surface area contributed by atoms with E-state index in [-0.39, 0.29) is 5.91 Å². The largest absolute Gasteiger partial charge is 0.373 e. The lowest BCUT2D eigenvalue weighted by Crippen LogP contribution is -2.14. The van der Waals surface area contributed by atoms with E-state index in [1.807, 2.05) is 6.20 Å². The van der Waals surface area contributed by atoms with E-state index in [4.69, 9.17) is 0 Å². The molecule has 0 bridgehead atoms. The maximum atomic E-state index is 13.9. The summed E-state index contributed by atoms with van der Waals surface area (Å²) in [7, 11) is 1.62. The zero-order valence-corrected chi connectivity index (χ0v) is 15.8. The van der Waals surface area contributed by atoms with E-state index < -0.39 is 11.7 Å². The number of halogens is 2. The summed E-state index contributed by atoms with van der Waals surface area (Å²) in [6, 6.07) is 3.75. The molecule has 1 aliphatic rings. The Balaban J connectivity index is 1.93. The predicted molar refractivity (Wildman–Crippen MR) is 102 cm³/mol. The van der Waals surface area contributed by atoms with Crippen molar-refractivity contribution in [1.82, 2.24) is 19.5 Å². The molecule has 2 N–H and O–H groups in total. The van der Waals surface area contributed by atoms with Crippen molar-refractivity contribution in [2.24, 2.45) is 0 Å².